The zero-order valence-corrected chi connectivity index (χ0v) is 12.1. The van der Waals surface area contributed by atoms with Crippen LogP contribution >= 0.6 is 0 Å². The van der Waals surface area contributed by atoms with Gasteiger partial charge in [-0.25, -0.2) is 0 Å². The molecule has 1 aromatic carbocycles. The smallest absolute Gasteiger partial charge is 0.161 e. The third-order valence-electron chi connectivity index (χ3n) is 3.19. The molecule has 5 heteroatoms. The standard InChI is InChI=1S/C15H21N3O2/c1-19-13-8-7-12(10-14(13)20-2)11-17-18-15-6-4-3-5-9-16-15/h7-8,10-11H,3-6,9H2,1-2H3,(H,16,18)/b17-11+. The number of hydrazone groups is 1. The lowest BCUT2D eigenvalue weighted by molar-refractivity contribution is 0.355. The summed E-state index contributed by atoms with van der Waals surface area (Å²) >= 11 is 0. The maximum Gasteiger partial charge on any atom is 0.161 e. The minimum atomic E-state index is 0.697. The van der Waals surface area contributed by atoms with Gasteiger partial charge in [-0.1, -0.05) is 6.42 Å². The minimum Gasteiger partial charge on any atom is -0.493 e. The molecule has 0 fully saturated rings. The van der Waals surface area contributed by atoms with E-state index in [1.165, 1.54) is 19.3 Å². The van der Waals surface area contributed by atoms with Crippen molar-refractivity contribution in [1.29, 1.82) is 0 Å². The van der Waals surface area contributed by atoms with Gasteiger partial charge in [-0.15, -0.1) is 0 Å². The van der Waals surface area contributed by atoms with Crippen molar-refractivity contribution in [3.63, 3.8) is 0 Å². The molecule has 0 bridgehead atoms. The molecule has 0 amide bonds. The number of hydrogen-bond acceptors (Lipinski definition) is 5. The molecule has 0 saturated heterocycles. The number of amidine groups is 1. The highest BCUT2D eigenvalue weighted by atomic mass is 16.5. The van der Waals surface area contributed by atoms with Crippen LogP contribution in [0.2, 0.25) is 0 Å². The van der Waals surface area contributed by atoms with Gasteiger partial charge in [-0.3, -0.25) is 10.4 Å². The third-order valence-corrected chi connectivity index (χ3v) is 3.19. The SMILES string of the molecule is COc1ccc(/C=N/NC2=NCCCCC2)cc1OC. The van der Waals surface area contributed by atoms with Crippen LogP contribution in [0.3, 0.4) is 0 Å². The topological polar surface area (TPSA) is 55.2 Å². The number of hydrogen-bond donors (Lipinski definition) is 1. The van der Waals surface area contributed by atoms with Gasteiger partial charge >= 0.3 is 0 Å². The van der Waals surface area contributed by atoms with Gasteiger partial charge in [0.15, 0.2) is 11.5 Å². The number of benzene rings is 1. The first-order chi connectivity index (χ1) is 9.83. The number of aliphatic imine (C=N–C) groups is 1. The fourth-order valence-corrected chi connectivity index (χ4v) is 2.08. The highest BCUT2D eigenvalue weighted by Gasteiger charge is 2.04. The predicted molar refractivity (Wildman–Crippen MR) is 81.0 cm³/mol. The molecule has 0 unspecified atom stereocenters. The van der Waals surface area contributed by atoms with Gasteiger partial charge in [0.05, 0.1) is 20.4 Å². The van der Waals surface area contributed by atoms with Crippen molar-refractivity contribution < 1.29 is 9.47 Å². The molecule has 2 rings (SSSR count). The molecule has 108 valence electrons. The lowest BCUT2D eigenvalue weighted by atomic mass is 10.2. The van der Waals surface area contributed by atoms with E-state index in [1.807, 2.05) is 18.2 Å². The molecule has 0 aliphatic carbocycles. The van der Waals surface area contributed by atoms with Gasteiger partial charge in [0, 0.05) is 13.0 Å². The molecule has 0 atom stereocenters. The van der Waals surface area contributed by atoms with Gasteiger partial charge < -0.3 is 9.47 Å². The molecule has 1 aliphatic rings. The van der Waals surface area contributed by atoms with Crippen LogP contribution in [0.1, 0.15) is 31.2 Å². The Bertz CT molecular complexity index is 498. The Hall–Kier alpha value is -2.04. The molecule has 0 spiro atoms. The molecular weight excluding hydrogens is 254 g/mol. The zero-order chi connectivity index (χ0) is 14.2. The van der Waals surface area contributed by atoms with E-state index in [9.17, 15) is 0 Å². The van der Waals surface area contributed by atoms with Crippen molar-refractivity contribution >= 4 is 12.1 Å². The lowest BCUT2D eigenvalue weighted by Gasteiger charge is -2.07. The van der Waals surface area contributed by atoms with E-state index >= 15 is 0 Å². The molecular formula is C15H21N3O2. The van der Waals surface area contributed by atoms with Crippen LogP contribution in [-0.2, 0) is 0 Å². The number of nitrogens with one attached hydrogen (secondary N) is 1. The number of methoxy groups -OCH3 is 2. The summed E-state index contributed by atoms with van der Waals surface area (Å²) in [5, 5.41) is 4.24. The maximum absolute atomic E-state index is 5.26. The van der Waals surface area contributed by atoms with E-state index in [0.29, 0.717) is 11.5 Å². The van der Waals surface area contributed by atoms with Gasteiger partial charge in [-0.2, -0.15) is 5.10 Å². The van der Waals surface area contributed by atoms with Crippen LogP contribution in [-0.4, -0.2) is 32.8 Å². The predicted octanol–water partition coefficient (Wildman–Crippen LogP) is 2.60. The Labute approximate surface area is 119 Å². The second-order valence-corrected chi connectivity index (χ2v) is 4.62. The Morgan fingerprint density at radius 1 is 1.15 bits per heavy atom. The molecule has 1 aliphatic heterocycles. The van der Waals surface area contributed by atoms with Crippen molar-refractivity contribution in [1.82, 2.24) is 5.43 Å². The summed E-state index contributed by atoms with van der Waals surface area (Å²) in [6.45, 7) is 0.897. The first kappa shape index (κ1) is 14.4. The van der Waals surface area contributed by atoms with Crippen LogP contribution in [0.25, 0.3) is 0 Å². The highest BCUT2D eigenvalue weighted by molar-refractivity contribution is 5.85. The van der Waals surface area contributed by atoms with Crippen molar-refractivity contribution in [2.75, 3.05) is 20.8 Å². The van der Waals surface area contributed by atoms with Crippen molar-refractivity contribution in [2.24, 2.45) is 10.1 Å². The molecule has 0 saturated carbocycles. The molecule has 1 aromatic rings. The average Bonchev–Trinajstić information content (AvgIpc) is 2.76. The second-order valence-electron chi connectivity index (χ2n) is 4.62. The van der Waals surface area contributed by atoms with Gasteiger partial charge in [-0.05, 0) is 36.6 Å². The summed E-state index contributed by atoms with van der Waals surface area (Å²) in [4.78, 5) is 4.46. The van der Waals surface area contributed by atoms with Crippen LogP contribution in [0.4, 0.5) is 0 Å². The number of ether oxygens (including phenoxy) is 2. The number of rotatable bonds is 4. The molecule has 20 heavy (non-hydrogen) atoms. The van der Waals surface area contributed by atoms with Crippen LogP contribution < -0.4 is 14.9 Å². The Morgan fingerprint density at radius 2 is 2.00 bits per heavy atom. The molecule has 0 radical (unpaired) electrons. The van der Waals surface area contributed by atoms with Gasteiger partial charge in [0.25, 0.3) is 0 Å². The Balaban J connectivity index is 1.98. The first-order valence-corrected chi connectivity index (χ1v) is 6.88. The maximum atomic E-state index is 5.26. The molecule has 1 N–H and O–H groups in total. The molecule has 0 aromatic heterocycles. The van der Waals surface area contributed by atoms with E-state index < -0.39 is 0 Å². The largest absolute Gasteiger partial charge is 0.493 e. The minimum absolute atomic E-state index is 0.697. The Kier molecular flexibility index (Phi) is 5.41. The van der Waals surface area contributed by atoms with E-state index in [2.05, 4.69) is 15.5 Å². The highest BCUT2D eigenvalue weighted by Crippen LogP contribution is 2.26. The fraction of sp³-hybridized carbons (Fsp3) is 0.467. The quantitative estimate of drug-likeness (QED) is 0.679. The fourth-order valence-electron chi connectivity index (χ4n) is 2.08. The summed E-state index contributed by atoms with van der Waals surface area (Å²) in [7, 11) is 3.24. The van der Waals surface area contributed by atoms with E-state index in [1.54, 1.807) is 20.4 Å². The average molecular weight is 275 g/mol. The van der Waals surface area contributed by atoms with Gasteiger partial charge in [0.1, 0.15) is 5.84 Å². The molecule has 5 nitrogen and oxygen atoms in total. The third kappa shape index (κ3) is 3.98. The van der Waals surface area contributed by atoms with E-state index in [0.717, 1.165) is 24.4 Å². The van der Waals surface area contributed by atoms with E-state index in [4.69, 9.17) is 9.47 Å². The molecule has 1 heterocycles. The monoisotopic (exact) mass is 275 g/mol. The van der Waals surface area contributed by atoms with Crippen LogP contribution in [0.5, 0.6) is 11.5 Å². The van der Waals surface area contributed by atoms with Crippen molar-refractivity contribution in [2.45, 2.75) is 25.7 Å². The lowest BCUT2D eigenvalue weighted by Crippen LogP contribution is -2.17. The second kappa shape index (κ2) is 7.53. The van der Waals surface area contributed by atoms with E-state index in [-0.39, 0.29) is 0 Å². The normalized spacial score (nSPS) is 15.6. The van der Waals surface area contributed by atoms with Crippen LogP contribution in [0, 0.1) is 0 Å². The Morgan fingerprint density at radius 3 is 2.80 bits per heavy atom. The zero-order valence-electron chi connectivity index (χ0n) is 12.1. The summed E-state index contributed by atoms with van der Waals surface area (Å²) in [6, 6.07) is 5.68. The summed E-state index contributed by atoms with van der Waals surface area (Å²) in [5.74, 6) is 2.38. The van der Waals surface area contributed by atoms with Crippen molar-refractivity contribution in [3.05, 3.63) is 23.8 Å². The van der Waals surface area contributed by atoms with Crippen LogP contribution in [0.15, 0.2) is 28.3 Å². The van der Waals surface area contributed by atoms with Crippen molar-refractivity contribution in [3.8, 4) is 11.5 Å². The summed E-state index contributed by atoms with van der Waals surface area (Å²) < 4.78 is 10.5. The summed E-state index contributed by atoms with van der Waals surface area (Å²) in [6.07, 6.45) is 6.33. The first-order valence-electron chi connectivity index (χ1n) is 6.88. The summed E-state index contributed by atoms with van der Waals surface area (Å²) in [5.41, 5.74) is 3.97. The van der Waals surface area contributed by atoms with Gasteiger partial charge in [0.2, 0.25) is 0 Å². The number of nitrogens with zero attached hydrogens (tertiary/aromatic N) is 2.